The van der Waals surface area contributed by atoms with E-state index < -0.39 is 5.82 Å². The van der Waals surface area contributed by atoms with E-state index in [0.717, 1.165) is 5.56 Å². The standard InChI is InChI=1S/C15H15F2N3O/c1-9-3-2-4-12(16)14(9)19-8-11-6-5-10(7-13(11)17)15(18)20-21/h2-7,19,21H,8H2,1H3,(H2,18,20). The highest BCUT2D eigenvalue weighted by Gasteiger charge is 2.09. The van der Waals surface area contributed by atoms with Gasteiger partial charge in [0.05, 0.1) is 5.69 Å². The first-order valence-corrected chi connectivity index (χ1v) is 6.28. The summed E-state index contributed by atoms with van der Waals surface area (Å²) in [6, 6.07) is 8.92. The molecule has 4 nitrogen and oxygen atoms in total. The second-order valence-electron chi connectivity index (χ2n) is 4.58. The zero-order chi connectivity index (χ0) is 15.4. The first-order valence-electron chi connectivity index (χ1n) is 6.28. The van der Waals surface area contributed by atoms with Crippen LogP contribution in [0.3, 0.4) is 0 Å². The van der Waals surface area contributed by atoms with Crippen LogP contribution in [0.5, 0.6) is 0 Å². The molecule has 0 spiro atoms. The van der Waals surface area contributed by atoms with E-state index in [4.69, 9.17) is 10.9 Å². The van der Waals surface area contributed by atoms with E-state index in [0.29, 0.717) is 11.3 Å². The van der Waals surface area contributed by atoms with Crippen molar-refractivity contribution in [3.8, 4) is 0 Å². The topological polar surface area (TPSA) is 70.6 Å². The zero-order valence-electron chi connectivity index (χ0n) is 11.4. The van der Waals surface area contributed by atoms with E-state index in [9.17, 15) is 8.78 Å². The van der Waals surface area contributed by atoms with E-state index in [-0.39, 0.29) is 23.8 Å². The van der Waals surface area contributed by atoms with Gasteiger partial charge in [-0.15, -0.1) is 0 Å². The Morgan fingerprint density at radius 1 is 1.24 bits per heavy atom. The van der Waals surface area contributed by atoms with E-state index in [2.05, 4.69) is 10.5 Å². The van der Waals surface area contributed by atoms with Crippen molar-refractivity contribution in [3.63, 3.8) is 0 Å². The summed E-state index contributed by atoms with van der Waals surface area (Å²) < 4.78 is 27.6. The Morgan fingerprint density at radius 3 is 2.62 bits per heavy atom. The smallest absolute Gasteiger partial charge is 0.170 e. The van der Waals surface area contributed by atoms with Gasteiger partial charge in [-0.3, -0.25) is 0 Å². The molecule has 0 aromatic heterocycles. The van der Waals surface area contributed by atoms with Crippen LogP contribution in [-0.2, 0) is 6.54 Å². The number of nitrogens with two attached hydrogens (primary N) is 1. The average Bonchev–Trinajstić information content (AvgIpc) is 2.47. The summed E-state index contributed by atoms with van der Waals surface area (Å²) in [5.41, 5.74) is 7.10. The number of para-hydroxylation sites is 1. The SMILES string of the molecule is Cc1cccc(F)c1NCc1ccc(/C(N)=N/O)cc1F. The van der Waals surface area contributed by atoms with Gasteiger partial charge in [0, 0.05) is 17.7 Å². The molecule has 0 aliphatic heterocycles. The molecule has 6 heteroatoms. The molecular formula is C15H15F2N3O. The van der Waals surface area contributed by atoms with Gasteiger partial charge in [0.25, 0.3) is 0 Å². The van der Waals surface area contributed by atoms with Crippen molar-refractivity contribution in [3.05, 3.63) is 64.7 Å². The first kappa shape index (κ1) is 14.8. The molecule has 110 valence electrons. The van der Waals surface area contributed by atoms with Crippen LogP contribution < -0.4 is 11.1 Å². The summed E-state index contributed by atoms with van der Waals surface area (Å²) in [6.45, 7) is 1.90. The summed E-state index contributed by atoms with van der Waals surface area (Å²) in [7, 11) is 0. The lowest BCUT2D eigenvalue weighted by molar-refractivity contribution is 0.318. The molecule has 0 radical (unpaired) electrons. The van der Waals surface area contributed by atoms with Crippen LogP contribution in [0.15, 0.2) is 41.6 Å². The lowest BCUT2D eigenvalue weighted by Crippen LogP contribution is -2.14. The lowest BCUT2D eigenvalue weighted by Gasteiger charge is -2.11. The van der Waals surface area contributed by atoms with Crippen LogP contribution in [0.1, 0.15) is 16.7 Å². The number of hydrogen-bond acceptors (Lipinski definition) is 3. The fraction of sp³-hybridized carbons (Fsp3) is 0.133. The van der Waals surface area contributed by atoms with Crippen LogP contribution in [0.2, 0.25) is 0 Å². The van der Waals surface area contributed by atoms with Gasteiger partial charge in [0.15, 0.2) is 5.84 Å². The number of hydrogen-bond donors (Lipinski definition) is 3. The molecule has 2 rings (SSSR count). The van der Waals surface area contributed by atoms with E-state index in [1.807, 2.05) is 0 Å². The second-order valence-corrected chi connectivity index (χ2v) is 4.58. The quantitative estimate of drug-likeness (QED) is 0.351. The van der Waals surface area contributed by atoms with Crippen molar-refractivity contribution in [1.29, 1.82) is 0 Å². The van der Waals surface area contributed by atoms with Crippen molar-refractivity contribution in [1.82, 2.24) is 0 Å². The summed E-state index contributed by atoms with van der Waals surface area (Å²) in [5.74, 6) is -1.07. The molecule has 0 heterocycles. The molecule has 4 N–H and O–H groups in total. The zero-order valence-corrected chi connectivity index (χ0v) is 11.4. The Balaban J connectivity index is 2.18. The first-order chi connectivity index (χ1) is 10.0. The van der Waals surface area contributed by atoms with Crippen molar-refractivity contribution >= 4 is 11.5 Å². The minimum Gasteiger partial charge on any atom is -0.409 e. The third kappa shape index (κ3) is 3.28. The van der Waals surface area contributed by atoms with Crippen LogP contribution in [0.25, 0.3) is 0 Å². The van der Waals surface area contributed by atoms with Gasteiger partial charge in [-0.1, -0.05) is 29.4 Å². The number of nitrogens with one attached hydrogen (secondary N) is 1. The Hall–Kier alpha value is -2.63. The second kappa shape index (κ2) is 6.21. The van der Waals surface area contributed by atoms with E-state index in [1.165, 1.54) is 24.3 Å². The van der Waals surface area contributed by atoms with Crippen LogP contribution >= 0.6 is 0 Å². The van der Waals surface area contributed by atoms with Gasteiger partial charge in [0.2, 0.25) is 0 Å². The lowest BCUT2D eigenvalue weighted by atomic mass is 10.1. The molecule has 2 aromatic rings. The predicted molar refractivity (Wildman–Crippen MR) is 77.4 cm³/mol. The Labute approximate surface area is 120 Å². The highest BCUT2D eigenvalue weighted by molar-refractivity contribution is 5.97. The Bertz CT molecular complexity index is 666. The largest absolute Gasteiger partial charge is 0.409 e. The number of benzene rings is 2. The van der Waals surface area contributed by atoms with Crippen molar-refractivity contribution in [2.45, 2.75) is 13.5 Å². The maximum atomic E-state index is 13.9. The summed E-state index contributed by atoms with van der Waals surface area (Å²) in [4.78, 5) is 0. The molecule has 0 saturated carbocycles. The van der Waals surface area contributed by atoms with Gasteiger partial charge in [0.1, 0.15) is 11.6 Å². The van der Waals surface area contributed by atoms with Crippen molar-refractivity contribution in [2.75, 3.05) is 5.32 Å². The maximum Gasteiger partial charge on any atom is 0.170 e. The molecular weight excluding hydrogens is 276 g/mol. The number of halogens is 2. The number of anilines is 1. The molecule has 0 aliphatic rings. The van der Waals surface area contributed by atoms with Crippen LogP contribution in [0.4, 0.5) is 14.5 Å². The van der Waals surface area contributed by atoms with Crippen molar-refractivity contribution < 1.29 is 14.0 Å². The summed E-state index contributed by atoms with van der Waals surface area (Å²) >= 11 is 0. The van der Waals surface area contributed by atoms with Gasteiger partial charge in [-0.2, -0.15) is 0 Å². The Morgan fingerprint density at radius 2 is 2.00 bits per heavy atom. The van der Waals surface area contributed by atoms with Crippen LogP contribution in [0, 0.1) is 18.6 Å². The fourth-order valence-electron chi connectivity index (χ4n) is 1.95. The van der Waals surface area contributed by atoms with Gasteiger partial charge in [-0.05, 0) is 24.6 Å². The minimum atomic E-state index is -0.513. The molecule has 21 heavy (non-hydrogen) atoms. The monoisotopic (exact) mass is 291 g/mol. The summed E-state index contributed by atoms with van der Waals surface area (Å²) in [5, 5.41) is 14.2. The average molecular weight is 291 g/mol. The fourth-order valence-corrected chi connectivity index (χ4v) is 1.95. The van der Waals surface area contributed by atoms with Crippen LogP contribution in [-0.4, -0.2) is 11.0 Å². The predicted octanol–water partition coefficient (Wildman–Crippen LogP) is 2.98. The van der Waals surface area contributed by atoms with E-state index in [1.54, 1.807) is 19.1 Å². The number of oxime groups is 1. The number of nitrogens with zero attached hydrogens (tertiary/aromatic N) is 1. The van der Waals surface area contributed by atoms with Gasteiger partial charge >= 0.3 is 0 Å². The highest BCUT2D eigenvalue weighted by atomic mass is 19.1. The maximum absolute atomic E-state index is 13.9. The summed E-state index contributed by atoms with van der Waals surface area (Å²) in [6.07, 6.45) is 0. The number of amidine groups is 1. The number of aryl methyl sites for hydroxylation is 1. The molecule has 0 atom stereocenters. The van der Waals surface area contributed by atoms with Crippen molar-refractivity contribution in [2.24, 2.45) is 10.9 Å². The molecule has 0 unspecified atom stereocenters. The molecule has 2 aromatic carbocycles. The normalized spacial score (nSPS) is 11.5. The molecule has 0 bridgehead atoms. The Kier molecular flexibility index (Phi) is 4.37. The van der Waals surface area contributed by atoms with Gasteiger partial charge in [-0.25, -0.2) is 8.78 Å². The van der Waals surface area contributed by atoms with E-state index >= 15 is 0 Å². The molecule has 0 saturated heterocycles. The van der Waals surface area contributed by atoms with Gasteiger partial charge < -0.3 is 16.3 Å². The molecule has 0 aliphatic carbocycles. The highest BCUT2D eigenvalue weighted by Crippen LogP contribution is 2.20. The minimum absolute atomic E-state index is 0.129. The third-order valence-electron chi connectivity index (χ3n) is 3.13. The molecule has 0 fully saturated rings. The third-order valence-corrected chi connectivity index (χ3v) is 3.13. The number of rotatable bonds is 4. The molecule has 0 amide bonds.